The van der Waals surface area contributed by atoms with Crippen molar-refractivity contribution >= 4 is 46.0 Å². The Kier molecular flexibility index (Phi) is 4.99. The number of nitrogens with one attached hydrogen (secondary N) is 1. The zero-order valence-electron chi connectivity index (χ0n) is 14.5. The van der Waals surface area contributed by atoms with Crippen LogP contribution in [0.5, 0.6) is 0 Å². The third kappa shape index (κ3) is 3.17. The van der Waals surface area contributed by atoms with Gasteiger partial charge >= 0.3 is 5.97 Å². The standard InChI is InChI=1S/C17H18FN5O2S/c1-4-25-16(24)13-12(19)11-14(20-10-7-5-6-9(18)8-10)21-17(26-3)22-15(11)23(13)2/h5-8H,4,19H2,1-3H3,(H,20,21,22). The van der Waals surface area contributed by atoms with E-state index < -0.39 is 5.97 Å². The van der Waals surface area contributed by atoms with E-state index >= 15 is 0 Å². The Morgan fingerprint density at radius 3 is 2.85 bits per heavy atom. The minimum Gasteiger partial charge on any atom is -0.461 e. The number of nitrogen functional groups attached to an aromatic ring is 1. The number of hydrogen-bond acceptors (Lipinski definition) is 7. The second-order valence-corrected chi connectivity index (χ2v) is 6.21. The quantitative estimate of drug-likeness (QED) is 0.401. The number of rotatable bonds is 5. The van der Waals surface area contributed by atoms with Gasteiger partial charge in [0.2, 0.25) is 0 Å². The first-order valence-corrected chi connectivity index (χ1v) is 9.08. The minimum atomic E-state index is -0.534. The molecule has 2 heterocycles. The van der Waals surface area contributed by atoms with Crippen molar-refractivity contribution in [2.24, 2.45) is 7.05 Å². The molecule has 3 rings (SSSR count). The molecule has 0 unspecified atom stereocenters. The van der Waals surface area contributed by atoms with E-state index in [9.17, 15) is 9.18 Å². The first-order chi connectivity index (χ1) is 12.5. The van der Waals surface area contributed by atoms with Crippen LogP contribution >= 0.6 is 11.8 Å². The zero-order valence-corrected chi connectivity index (χ0v) is 15.4. The molecule has 0 aliphatic heterocycles. The van der Waals surface area contributed by atoms with E-state index in [-0.39, 0.29) is 23.8 Å². The summed E-state index contributed by atoms with van der Waals surface area (Å²) in [5.41, 5.74) is 7.65. The summed E-state index contributed by atoms with van der Waals surface area (Å²) in [7, 11) is 1.69. The average molecular weight is 375 g/mol. The predicted molar refractivity (Wildman–Crippen MR) is 100 cm³/mol. The summed E-state index contributed by atoms with van der Waals surface area (Å²) in [6.45, 7) is 1.95. The molecule has 0 saturated carbocycles. The Morgan fingerprint density at radius 1 is 1.42 bits per heavy atom. The number of hydrogen-bond donors (Lipinski definition) is 2. The van der Waals surface area contributed by atoms with E-state index in [0.29, 0.717) is 27.7 Å². The lowest BCUT2D eigenvalue weighted by molar-refractivity contribution is 0.0517. The van der Waals surface area contributed by atoms with Crippen LogP contribution < -0.4 is 11.1 Å². The number of esters is 1. The topological polar surface area (TPSA) is 95.1 Å². The average Bonchev–Trinajstić information content (AvgIpc) is 2.86. The molecule has 3 N–H and O–H groups in total. The van der Waals surface area contributed by atoms with Crippen LogP contribution in [0.3, 0.4) is 0 Å². The van der Waals surface area contributed by atoms with Gasteiger partial charge in [-0.15, -0.1) is 0 Å². The Hall–Kier alpha value is -2.81. The minimum absolute atomic E-state index is 0.205. The van der Waals surface area contributed by atoms with Gasteiger partial charge < -0.3 is 20.4 Å². The van der Waals surface area contributed by atoms with Crippen molar-refractivity contribution in [3.8, 4) is 0 Å². The van der Waals surface area contributed by atoms with Gasteiger partial charge in [0, 0.05) is 12.7 Å². The summed E-state index contributed by atoms with van der Waals surface area (Å²) in [5, 5.41) is 4.04. The van der Waals surface area contributed by atoms with Crippen LogP contribution in [0.25, 0.3) is 11.0 Å². The lowest BCUT2D eigenvalue weighted by Crippen LogP contribution is -2.12. The number of carbonyl (C=O) groups is 1. The highest BCUT2D eigenvalue weighted by Crippen LogP contribution is 2.35. The number of aryl methyl sites for hydroxylation is 1. The van der Waals surface area contributed by atoms with E-state index in [0.717, 1.165) is 0 Å². The third-order valence-corrected chi connectivity index (χ3v) is 4.33. The van der Waals surface area contributed by atoms with Crippen LogP contribution in [-0.4, -0.2) is 33.4 Å². The Balaban J connectivity index is 2.21. The third-order valence-electron chi connectivity index (χ3n) is 3.79. The summed E-state index contributed by atoms with van der Waals surface area (Å²) in [5.74, 6) is -0.514. The van der Waals surface area contributed by atoms with E-state index in [1.807, 2.05) is 6.26 Å². The molecule has 0 aliphatic carbocycles. The summed E-state index contributed by atoms with van der Waals surface area (Å²) in [6.07, 6.45) is 1.84. The van der Waals surface area contributed by atoms with Gasteiger partial charge in [-0.3, -0.25) is 0 Å². The Morgan fingerprint density at radius 2 is 2.19 bits per heavy atom. The van der Waals surface area contributed by atoms with Crippen LogP contribution in [0.4, 0.5) is 21.6 Å². The van der Waals surface area contributed by atoms with Gasteiger partial charge in [0.25, 0.3) is 0 Å². The first-order valence-electron chi connectivity index (χ1n) is 7.85. The maximum atomic E-state index is 13.5. The number of halogens is 1. The Labute approximate surface area is 153 Å². The molecule has 26 heavy (non-hydrogen) atoms. The number of anilines is 3. The SMILES string of the molecule is CCOC(=O)c1c(N)c2c(Nc3cccc(F)c3)nc(SC)nc2n1C. The van der Waals surface area contributed by atoms with Crippen LogP contribution in [-0.2, 0) is 11.8 Å². The lowest BCUT2D eigenvalue weighted by Gasteiger charge is -2.09. The molecule has 0 bridgehead atoms. The van der Waals surface area contributed by atoms with Crippen LogP contribution in [0.15, 0.2) is 29.4 Å². The highest BCUT2D eigenvalue weighted by molar-refractivity contribution is 7.98. The van der Waals surface area contributed by atoms with Gasteiger partial charge in [-0.25, -0.2) is 19.2 Å². The molecule has 136 valence electrons. The van der Waals surface area contributed by atoms with Crippen molar-refractivity contribution < 1.29 is 13.9 Å². The van der Waals surface area contributed by atoms with Crippen molar-refractivity contribution in [3.05, 3.63) is 35.8 Å². The molecular weight excluding hydrogens is 357 g/mol. The second kappa shape index (κ2) is 7.20. The number of benzene rings is 1. The molecule has 0 atom stereocenters. The highest BCUT2D eigenvalue weighted by Gasteiger charge is 2.25. The van der Waals surface area contributed by atoms with Gasteiger partial charge in [-0.05, 0) is 31.4 Å². The van der Waals surface area contributed by atoms with Gasteiger partial charge in [-0.2, -0.15) is 0 Å². The van der Waals surface area contributed by atoms with E-state index in [1.54, 1.807) is 30.7 Å². The van der Waals surface area contributed by atoms with Crippen molar-refractivity contribution in [1.29, 1.82) is 0 Å². The van der Waals surface area contributed by atoms with E-state index in [1.165, 1.54) is 23.9 Å². The van der Waals surface area contributed by atoms with Gasteiger partial charge in [0.15, 0.2) is 10.9 Å². The molecule has 0 radical (unpaired) electrons. The molecule has 1 aromatic carbocycles. The second-order valence-electron chi connectivity index (χ2n) is 5.43. The number of carbonyl (C=O) groups excluding carboxylic acids is 1. The molecule has 0 spiro atoms. The summed E-state index contributed by atoms with van der Waals surface area (Å²) in [4.78, 5) is 21.2. The molecule has 0 amide bonds. The normalized spacial score (nSPS) is 10.9. The highest BCUT2D eigenvalue weighted by atomic mass is 32.2. The van der Waals surface area contributed by atoms with Crippen molar-refractivity contribution in [2.45, 2.75) is 12.1 Å². The number of fused-ring (bicyclic) bond motifs is 1. The maximum absolute atomic E-state index is 13.5. The fourth-order valence-corrected chi connectivity index (χ4v) is 3.02. The number of ether oxygens (including phenoxy) is 1. The predicted octanol–water partition coefficient (Wildman–Crippen LogP) is 3.33. The van der Waals surface area contributed by atoms with Gasteiger partial charge in [-0.1, -0.05) is 17.8 Å². The molecule has 9 heteroatoms. The van der Waals surface area contributed by atoms with Gasteiger partial charge in [0.1, 0.15) is 17.3 Å². The fourth-order valence-electron chi connectivity index (χ4n) is 2.66. The van der Waals surface area contributed by atoms with E-state index in [4.69, 9.17) is 10.5 Å². The van der Waals surface area contributed by atoms with Crippen LogP contribution in [0.2, 0.25) is 0 Å². The molecule has 0 aliphatic rings. The molecule has 0 fully saturated rings. The molecule has 3 aromatic rings. The zero-order chi connectivity index (χ0) is 18.8. The number of nitrogens with two attached hydrogens (primary N) is 1. The summed E-state index contributed by atoms with van der Waals surface area (Å²) >= 11 is 1.35. The van der Waals surface area contributed by atoms with Crippen molar-refractivity contribution in [1.82, 2.24) is 14.5 Å². The van der Waals surface area contributed by atoms with Crippen molar-refractivity contribution in [3.63, 3.8) is 0 Å². The maximum Gasteiger partial charge on any atom is 0.357 e. The molecule has 7 nitrogen and oxygen atoms in total. The number of thioether (sulfide) groups is 1. The Bertz CT molecular complexity index is 989. The first kappa shape index (κ1) is 18.0. The summed E-state index contributed by atoms with van der Waals surface area (Å²) < 4.78 is 20.2. The van der Waals surface area contributed by atoms with Crippen LogP contribution in [0, 0.1) is 5.82 Å². The van der Waals surface area contributed by atoms with E-state index in [2.05, 4.69) is 15.3 Å². The van der Waals surface area contributed by atoms with Crippen LogP contribution in [0.1, 0.15) is 17.4 Å². The van der Waals surface area contributed by atoms with Gasteiger partial charge in [0.05, 0.1) is 17.7 Å². The lowest BCUT2D eigenvalue weighted by atomic mass is 10.2. The summed E-state index contributed by atoms with van der Waals surface area (Å²) in [6, 6.07) is 5.99. The smallest absolute Gasteiger partial charge is 0.357 e. The molecular formula is C17H18FN5O2S. The molecule has 2 aromatic heterocycles. The number of nitrogens with zero attached hydrogens (tertiary/aromatic N) is 3. The molecule has 0 saturated heterocycles. The number of aromatic nitrogens is 3. The largest absolute Gasteiger partial charge is 0.461 e. The monoisotopic (exact) mass is 375 g/mol. The van der Waals surface area contributed by atoms with Crippen molar-refractivity contribution in [2.75, 3.05) is 23.9 Å². The fraction of sp³-hybridized carbons (Fsp3) is 0.235.